The average molecular weight is 211 g/mol. The van der Waals surface area contributed by atoms with Crippen molar-refractivity contribution in [1.82, 2.24) is 10.9 Å². The number of hydrogen-bond acceptors (Lipinski definition) is 3. The highest BCUT2D eigenvalue weighted by Crippen LogP contribution is 2.14. The zero-order valence-corrected chi connectivity index (χ0v) is 8.67. The summed E-state index contributed by atoms with van der Waals surface area (Å²) in [5.41, 5.74) is 11.6. The Balaban J connectivity index is 2.86. The molecule has 1 rings (SSSR count). The van der Waals surface area contributed by atoms with Crippen molar-refractivity contribution in [2.24, 2.45) is 5.73 Å². The molecule has 0 aromatic heterocycles. The van der Waals surface area contributed by atoms with Gasteiger partial charge in [-0.3, -0.25) is 10.2 Å². The topological polar surface area (TPSA) is 67.1 Å². The Morgan fingerprint density at radius 3 is 2.73 bits per heavy atom. The minimum Gasteiger partial charge on any atom is -0.316 e. The van der Waals surface area contributed by atoms with Crippen LogP contribution in [0, 0.1) is 12.7 Å². The molecule has 0 aliphatic rings. The Hall–Kier alpha value is -1.46. The Kier molecular flexibility index (Phi) is 3.76. The second kappa shape index (κ2) is 4.86. The molecule has 0 heterocycles. The van der Waals surface area contributed by atoms with Crippen LogP contribution in [0.3, 0.4) is 0 Å². The SMILES string of the molecule is CNNC(=O)C(N)c1ccc(F)c(C)c1. The summed E-state index contributed by atoms with van der Waals surface area (Å²) >= 11 is 0. The number of benzene rings is 1. The van der Waals surface area contributed by atoms with Gasteiger partial charge in [-0.05, 0) is 24.1 Å². The van der Waals surface area contributed by atoms with E-state index in [-0.39, 0.29) is 11.7 Å². The zero-order valence-electron chi connectivity index (χ0n) is 8.67. The summed E-state index contributed by atoms with van der Waals surface area (Å²) in [5, 5.41) is 0. The van der Waals surface area contributed by atoms with Crippen molar-refractivity contribution in [2.75, 3.05) is 7.05 Å². The first kappa shape index (κ1) is 11.6. The Morgan fingerprint density at radius 1 is 1.53 bits per heavy atom. The molecule has 1 atom stereocenters. The summed E-state index contributed by atoms with van der Waals surface area (Å²) in [6, 6.07) is 3.58. The maximum Gasteiger partial charge on any atom is 0.255 e. The van der Waals surface area contributed by atoms with Gasteiger partial charge in [0.15, 0.2) is 0 Å². The molecular formula is C10H14FN3O. The third-order valence-corrected chi connectivity index (χ3v) is 2.07. The van der Waals surface area contributed by atoms with E-state index in [0.717, 1.165) is 0 Å². The van der Waals surface area contributed by atoms with Crippen molar-refractivity contribution in [3.63, 3.8) is 0 Å². The Morgan fingerprint density at radius 2 is 2.20 bits per heavy atom. The molecular weight excluding hydrogens is 197 g/mol. The van der Waals surface area contributed by atoms with E-state index in [0.29, 0.717) is 11.1 Å². The number of hydrazine groups is 1. The molecule has 0 aliphatic heterocycles. The zero-order chi connectivity index (χ0) is 11.4. The van der Waals surface area contributed by atoms with E-state index in [2.05, 4.69) is 10.9 Å². The van der Waals surface area contributed by atoms with Crippen molar-refractivity contribution in [1.29, 1.82) is 0 Å². The summed E-state index contributed by atoms with van der Waals surface area (Å²) in [6.45, 7) is 1.63. The van der Waals surface area contributed by atoms with Gasteiger partial charge in [0, 0.05) is 7.05 Å². The lowest BCUT2D eigenvalue weighted by atomic mass is 10.0. The molecule has 1 unspecified atom stereocenters. The quantitative estimate of drug-likeness (QED) is 0.633. The van der Waals surface area contributed by atoms with Gasteiger partial charge in [0.2, 0.25) is 0 Å². The van der Waals surface area contributed by atoms with E-state index in [1.807, 2.05) is 0 Å². The van der Waals surface area contributed by atoms with Gasteiger partial charge in [0.05, 0.1) is 0 Å². The standard InChI is InChI=1S/C10H14FN3O/c1-6-5-7(3-4-8(6)11)9(12)10(15)14-13-2/h3-5,9,13H,12H2,1-2H3,(H,14,15). The average Bonchev–Trinajstić information content (AvgIpc) is 2.21. The van der Waals surface area contributed by atoms with Crippen LogP contribution in [-0.4, -0.2) is 13.0 Å². The third kappa shape index (κ3) is 2.74. The van der Waals surface area contributed by atoms with Crippen LogP contribution in [0.5, 0.6) is 0 Å². The van der Waals surface area contributed by atoms with Crippen molar-refractivity contribution in [2.45, 2.75) is 13.0 Å². The molecule has 0 fully saturated rings. The van der Waals surface area contributed by atoms with Gasteiger partial charge in [0.1, 0.15) is 11.9 Å². The predicted octanol–water partition coefficient (Wildman–Crippen LogP) is 0.385. The van der Waals surface area contributed by atoms with E-state index in [1.54, 1.807) is 20.0 Å². The van der Waals surface area contributed by atoms with Crippen LogP contribution >= 0.6 is 0 Å². The molecule has 82 valence electrons. The second-order valence-corrected chi connectivity index (χ2v) is 3.23. The number of nitrogens with two attached hydrogens (primary N) is 1. The molecule has 1 amide bonds. The van der Waals surface area contributed by atoms with Crippen molar-refractivity contribution in [3.8, 4) is 0 Å². The minimum absolute atomic E-state index is 0.306. The molecule has 4 nitrogen and oxygen atoms in total. The molecule has 0 bridgehead atoms. The van der Waals surface area contributed by atoms with Crippen LogP contribution in [0.25, 0.3) is 0 Å². The van der Waals surface area contributed by atoms with Crippen LogP contribution < -0.4 is 16.6 Å². The second-order valence-electron chi connectivity index (χ2n) is 3.23. The highest BCUT2D eigenvalue weighted by molar-refractivity contribution is 5.82. The van der Waals surface area contributed by atoms with E-state index in [1.165, 1.54) is 12.1 Å². The van der Waals surface area contributed by atoms with E-state index in [9.17, 15) is 9.18 Å². The first-order chi connectivity index (χ1) is 7.06. The van der Waals surface area contributed by atoms with Gasteiger partial charge >= 0.3 is 0 Å². The fourth-order valence-electron chi connectivity index (χ4n) is 1.21. The molecule has 15 heavy (non-hydrogen) atoms. The number of aryl methyl sites for hydroxylation is 1. The molecule has 1 aromatic carbocycles. The van der Waals surface area contributed by atoms with E-state index < -0.39 is 6.04 Å². The molecule has 4 N–H and O–H groups in total. The molecule has 1 aromatic rings. The molecule has 0 spiro atoms. The molecule has 0 aliphatic carbocycles. The van der Waals surface area contributed by atoms with E-state index in [4.69, 9.17) is 5.73 Å². The summed E-state index contributed by atoms with van der Waals surface area (Å²) in [5.74, 6) is -0.663. The van der Waals surface area contributed by atoms with Gasteiger partial charge in [0.25, 0.3) is 5.91 Å². The number of hydrogen-bond donors (Lipinski definition) is 3. The van der Waals surface area contributed by atoms with Crippen LogP contribution in [-0.2, 0) is 4.79 Å². The fourth-order valence-corrected chi connectivity index (χ4v) is 1.21. The van der Waals surface area contributed by atoms with Gasteiger partial charge in [-0.2, -0.15) is 0 Å². The van der Waals surface area contributed by atoms with Crippen LogP contribution in [0.1, 0.15) is 17.2 Å². The third-order valence-electron chi connectivity index (χ3n) is 2.07. The first-order valence-electron chi connectivity index (χ1n) is 4.54. The number of amides is 1. The highest BCUT2D eigenvalue weighted by atomic mass is 19.1. The fraction of sp³-hybridized carbons (Fsp3) is 0.300. The Bertz CT molecular complexity index is 368. The van der Waals surface area contributed by atoms with Crippen LogP contribution in [0.15, 0.2) is 18.2 Å². The number of rotatable bonds is 3. The maximum absolute atomic E-state index is 13.0. The highest BCUT2D eigenvalue weighted by Gasteiger charge is 2.15. The molecule has 0 radical (unpaired) electrons. The number of nitrogens with one attached hydrogen (secondary N) is 2. The summed E-state index contributed by atoms with van der Waals surface area (Å²) in [4.78, 5) is 11.3. The van der Waals surface area contributed by atoms with Crippen LogP contribution in [0.2, 0.25) is 0 Å². The Labute approximate surface area is 87.6 Å². The monoisotopic (exact) mass is 211 g/mol. The summed E-state index contributed by atoms with van der Waals surface area (Å²) in [6.07, 6.45) is 0. The van der Waals surface area contributed by atoms with Crippen molar-refractivity contribution >= 4 is 5.91 Å². The lowest BCUT2D eigenvalue weighted by Crippen LogP contribution is -2.40. The summed E-state index contributed by atoms with van der Waals surface area (Å²) in [7, 11) is 1.57. The summed E-state index contributed by atoms with van der Waals surface area (Å²) < 4.78 is 13.0. The first-order valence-corrected chi connectivity index (χ1v) is 4.54. The number of carbonyl (C=O) groups excluding carboxylic acids is 1. The number of halogens is 1. The van der Waals surface area contributed by atoms with Gasteiger partial charge in [-0.25, -0.2) is 9.82 Å². The largest absolute Gasteiger partial charge is 0.316 e. The van der Waals surface area contributed by atoms with Gasteiger partial charge in [-0.15, -0.1) is 0 Å². The van der Waals surface area contributed by atoms with Crippen molar-refractivity contribution < 1.29 is 9.18 Å². The lowest BCUT2D eigenvalue weighted by Gasteiger charge is -2.12. The molecule has 0 saturated heterocycles. The van der Waals surface area contributed by atoms with Crippen molar-refractivity contribution in [3.05, 3.63) is 35.1 Å². The van der Waals surface area contributed by atoms with Gasteiger partial charge in [-0.1, -0.05) is 12.1 Å². The normalized spacial score (nSPS) is 12.3. The predicted molar refractivity (Wildman–Crippen MR) is 55.3 cm³/mol. The maximum atomic E-state index is 13.0. The van der Waals surface area contributed by atoms with Crippen LogP contribution in [0.4, 0.5) is 4.39 Å². The number of carbonyl (C=O) groups is 1. The smallest absolute Gasteiger partial charge is 0.255 e. The molecule has 5 heteroatoms. The van der Waals surface area contributed by atoms with E-state index >= 15 is 0 Å². The molecule has 0 saturated carbocycles. The lowest BCUT2D eigenvalue weighted by molar-refractivity contribution is -0.123. The minimum atomic E-state index is -0.795. The van der Waals surface area contributed by atoms with Gasteiger partial charge < -0.3 is 5.73 Å².